The molecule has 10 rings (SSSR count). The van der Waals surface area contributed by atoms with Crippen LogP contribution in [0.15, 0.2) is 77.6 Å². The Morgan fingerprint density at radius 2 is 1.71 bits per heavy atom. The van der Waals surface area contributed by atoms with Gasteiger partial charge < -0.3 is 39.3 Å². The summed E-state index contributed by atoms with van der Waals surface area (Å²) in [6, 6.07) is 17.6. The number of piperidine rings is 1. The molecule has 2 aromatic heterocycles. The number of hydrogen-bond donors (Lipinski definition) is 4. The van der Waals surface area contributed by atoms with Crippen molar-refractivity contribution in [3.05, 3.63) is 105 Å². The number of imide groups is 1. The van der Waals surface area contributed by atoms with Crippen molar-refractivity contribution >= 4 is 75.5 Å². The van der Waals surface area contributed by atoms with E-state index in [2.05, 4.69) is 15.5 Å². The smallest absolute Gasteiger partial charge is 0.363 e. The van der Waals surface area contributed by atoms with E-state index in [-0.39, 0.29) is 98.0 Å². The van der Waals surface area contributed by atoms with Gasteiger partial charge in [-0.1, -0.05) is 63.2 Å². The molecule has 0 spiro atoms. The molecular formula is C52H60FN8O12PS. The third kappa shape index (κ3) is 10.3. The number of carbonyl (C=O) groups is 6. The highest BCUT2D eigenvalue weighted by Gasteiger charge is 2.50. The summed E-state index contributed by atoms with van der Waals surface area (Å²) < 4.78 is 42.3. The first kappa shape index (κ1) is 52.3. The summed E-state index contributed by atoms with van der Waals surface area (Å²) in [4.78, 5) is 122. The Morgan fingerprint density at radius 1 is 0.933 bits per heavy atom. The number of amides is 6. The minimum absolute atomic E-state index is 0.0595. The fourth-order valence-electron chi connectivity index (χ4n) is 11.4. The van der Waals surface area contributed by atoms with Crippen LogP contribution in [-0.2, 0) is 51.6 Å². The first-order valence-corrected chi connectivity index (χ1v) is 27.6. The molecule has 8 atom stereocenters. The SMILES string of the molecule is Cn1c(=O)n(C2CCC(=O)NC2=O)c2ccc(CN3C[C@@H]4C[C@H]3CN4C(=O)CO[C@@H]3CCN(C(=O)[C@@H](NC(=O)c4cc5cc([C@H](F)P(=O)(O)O)ccc5s4)C(C)(C)C)[C@@H]3C(=O)N3CCO[C@H](c4ccccc4)C3)cc21. The van der Waals surface area contributed by atoms with Crippen LogP contribution in [0.4, 0.5) is 4.39 Å². The van der Waals surface area contributed by atoms with E-state index in [0.717, 1.165) is 28.9 Å². The van der Waals surface area contributed by atoms with Crippen LogP contribution in [0.3, 0.4) is 0 Å². The van der Waals surface area contributed by atoms with Crippen molar-refractivity contribution in [2.75, 3.05) is 45.9 Å². The molecule has 1 unspecified atom stereocenters. The van der Waals surface area contributed by atoms with Gasteiger partial charge in [-0.05, 0) is 77.1 Å². The largest absolute Gasteiger partial charge is 0.370 e. The van der Waals surface area contributed by atoms with Crippen LogP contribution >= 0.6 is 18.9 Å². The first-order valence-electron chi connectivity index (χ1n) is 25.1. The maximum Gasteiger partial charge on any atom is 0.363 e. The molecule has 7 heterocycles. The summed E-state index contributed by atoms with van der Waals surface area (Å²) >= 11 is 1.07. The molecule has 5 aliphatic rings. The molecule has 5 aliphatic heterocycles. The average Bonchev–Trinajstić information content (AvgIpc) is 4.24. The number of likely N-dealkylation sites (tertiary alicyclic amines) is 3. The molecule has 3 aromatic carbocycles. The maximum absolute atomic E-state index is 15.0. The van der Waals surface area contributed by atoms with E-state index in [4.69, 9.17) is 9.47 Å². The van der Waals surface area contributed by atoms with E-state index in [1.54, 1.807) is 32.7 Å². The van der Waals surface area contributed by atoms with Gasteiger partial charge in [-0.15, -0.1) is 11.3 Å². The van der Waals surface area contributed by atoms with Crippen LogP contribution in [0.25, 0.3) is 21.1 Å². The van der Waals surface area contributed by atoms with Crippen LogP contribution in [0.1, 0.15) is 90.9 Å². The minimum Gasteiger partial charge on any atom is -0.370 e. The van der Waals surface area contributed by atoms with Crippen molar-refractivity contribution < 1.29 is 57.0 Å². The number of carbonyl (C=O) groups excluding carboxylic acids is 6. The lowest BCUT2D eigenvalue weighted by atomic mass is 9.85. The third-order valence-corrected chi connectivity index (χ3v) is 17.3. The molecule has 0 radical (unpaired) electrons. The van der Waals surface area contributed by atoms with Crippen molar-refractivity contribution in [2.24, 2.45) is 12.5 Å². The number of hydrogen-bond acceptors (Lipinski definition) is 12. The van der Waals surface area contributed by atoms with Crippen molar-refractivity contribution in [1.29, 1.82) is 0 Å². The number of imidazole rings is 1. The molecule has 398 valence electrons. The van der Waals surface area contributed by atoms with Crippen LogP contribution in [0.2, 0.25) is 0 Å². The molecule has 23 heteroatoms. The number of rotatable bonds is 13. The monoisotopic (exact) mass is 1070 g/mol. The van der Waals surface area contributed by atoms with Crippen molar-refractivity contribution in [2.45, 2.75) is 101 Å². The van der Waals surface area contributed by atoms with Gasteiger partial charge in [-0.3, -0.25) is 52.7 Å². The number of fused-ring (bicyclic) bond motifs is 4. The second-order valence-electron chi connectivity index (χ2n) is 21.3. The van der Waals surface area contributed by atoms with Crippen LogP contribution in [-0.4, -0.2) is 150 Å². The van der Waals surface area contributed by atoms with Gasteiger partial charge in [-0.25, -0.2) is 9.18 Å². The second-order valence-corrected chi connectivity index (χ2v) is 24.0. The van der Waals surface area contributed by atoms with Gasteiger partial charge in [0.1, 0.15) is 30.8 Å². The number of piperazine rings is 1. The van der Waals surface area contributed by atoms with Crippen LogP contribution in [0.5, 0.6) is 0 Å². The summed E-state index contributed by atoms with van der Waals surface area (Å²) in [5.74, 6) is -5.12. The molecule has 5 aromatic rings. The standard InChI is InChI=1S/C52H60FN8O12PS/c1-52(2,3)45(55-48(65)41-22-32-21-31(11-14-40(32)75-41)46(53)74(69,70)71)50(67)59-17-16-38(44(59)49(66)57-18-19-72-39(27-57)30-8-6-5-7-9-30)73-28-43(63)60-26-33-23-34(60)25-58(33)24-29-10-12-35-37(20-29)56(4)51(68)61(35)36-13-15-42(62)54-47(36)64/h5-12,14,20-22,33-34,36,38-39,44-46H,13,15-19,23-28H2,1-4H3,(H,55,65)(H,54,62,64)(H2,69,70,71)/t33-,34-,36?,38+,39-,44-,45+,46+/m0/s1. The zero-order valence-corrected chi connectivity index (χ0v) is 43.6. The highest BCUT2D eigenvalue weighted by molar-refractivity contribution is 7.51. The Bertz CT molecular complexity index is 3210. The van der Waals surface area contributed by atoms with Gasteiger partial charge in [0.2, 0.25) is 35.4 Å². The number of nitrogens with one attached hydrogen (secondary N) is 2. The molecule has 6 amide bonds. The Morgan fingerprint density at radius 3 is 2.41 bits per heavy atom. The topological polar surface area (TPSA) is 242 Å². The highest BCUT2D eigenvalue weighted by atomic mass is 32.1. The van der Waals surface area contributed by atoms with Gasteiger partial charge >= 0.3 is 13.3 Å². The molecule has 0 saturated carbocycles. The zero-order chi connectivity index (χ0) is 53.2. The average molecular weight is 1070 g/mol. The normalized spacial score (nSPS) is 24.3. The number of aromatic nitrogens is 2. The Hall–Kier alpha value is -6.13. The molecular weight excluding hydrogens is 1010 g/mol. The molecule has 4 N–H and O–H groups in total. The lowest BCUT2D eigenvalue weighted by Gasteiger charge is -2.39. The molecule has 0 aliphatic carbocycles. The van der Waals surface area contributed by atoms with E-state index in [1.807, 2.05) is 53.4 Å². The Labute approximate surface area is 434 Å². The Kier molecular flexibility index (Phi) is 14.3. The molecule has 20 nitrogen and oxygen atoms in total. The number of ether oxygens (including phenoxy) is 2. The molecule has 2 bridgehead atoms. The number of halogens is 1. The van der Waals surface area contributed by atoms with Crippen molar-refractivity contribution in [1.82, 2.24) is 39.4 Å². The number of morpholine rings is 1. The number of alkyl halides is 1. The summed E-state index contributed by atoms with van der Waals surface area (Å²) in [6.07, 6.45) is 0.0906. The fourth-order valence-corrected chi connectivity index (χ4v) is 12.9. The van der Waals surface area contributed by atoms with E-state index in [1.165, 1.54) is 38.3 Å². The lowest BCUT2D eigenvalue weighted by molar-refractivity contribution is -0.156. The summed E-state index contributed by atoms with van der Waals surface area (Å²) in [6.45, 7) is 7.50. The second kappa shape index (κ2) is 20.4. The van der Waals surface area contributed by atoms with E-state index in [9.17, 15) is 52.3 Å². The highest BCUT2D eigenvalue weighted by Crippen LogP contribution is 2.53. The van der Waals surface area contributed by atoms with Gasteiger partial charge in [-0.2, -0.15) is 0 Å². The van der Waals surface area contributed by atoms with Gasteiger partial charge in [0.05, 0.1) is 35.2 Å². The number of benzene rings is 3. The fraction of sp³-hybridized carbons (Fsp3) is 0.481. The quantitative estimate of drug-likeness (QED) is 0.0968. The summed E-state index contributed by atoms with van der Waals surface area (Å²) in [5.41, 5.74) is 1.66. The number of aryl methyl sites for hydroxylation is 1. The van der Waals surface area contributed by atoms with Gasteiger partial charge in [0, 0.05) is 63.0 Å². The van der Waals surface area contributed by atoms with E-state index in [0.29, 0.717) is 40.8 Å². The first-order chi connectivity index (χ1) is 35.6. The number of thiophene rings is 1. The lowest BCUT2D eigenvalue weighted by Crippen LogP contribution is -2.60. The van der Waals surface area contributed by atoms with Gasteiger partial charge in [0.25, 0.3) is 5.91 Å². The zero-order valence-electron chi connectivity index (χ0n) is 41.9. The maximum atomic E-state index is 15.0. The van der Waals surface area contributed by atoms with Crippen LogP contribution in [0, 0.1) is 5.41 Å². The predicted molar refractivity (Wildman–Crippen MR) is 273 cm³/mol. The minimum atomic E-state index is -5.08. The summed E-state index contributed by atoms with van der Waals surface area (Å²) in [5, 5.41) is 5.63. The summed E-state index contributed by atoms with van der Waals surface area (Å²) in [7, 11) is -3.42. The van der Waals surface area contributed by atoms with Crippen molar-refractivity contribution in [3.8, 4) is 0 Å². The third-order valence-electron chi connectivity index (χ3n) is 15.3. The van der Waals surface area contributed by atoms with Crippen molar-refractivity contribution in [3.63, 3.8) is 0 Å². The van der Waals surface area contributed by atoms with Crippen LogP contribution < -0.4 is 16.3 Å². The molecule has 5 fully saturated rings. The molecule has 5 saturated heterocycles. The Balaban J connectivity index is 0.827. The number of nitrogens with zero attached hydrogens (tertiary/aromatic N) is 6. The predicted octanol–water partition coefficient (Wildman–Crippen LogP) is 3.89. The van der Waals surface area contributed by atoms with Gasteiger partial charge in [0.15, 0.2) is 0 Å². The molecule has 75 heavy (non-hydrogen) atoms. The van der Waals surface area contributed by atoms with E-state index < -0.39 is 67.0 Å². The van der Waals surface area contributed by atoms with E-state index >= 15 is 0 Å².